The normalized spacial score (nSPS) is 9.69. The molecule has 0 aliphatic heterocycles. The minimum atomic E-state index is -0.885. The molecule has 86 valence electrons. The van der Waals surface area contributed by atoms with Gasteiger partial charge in [0.15, 0.2) is 0 Å². The van der Waals surface area contributed by atoms with Crippen LogP contribution in [0.25, 0.3) is 0 Å². The van der Waals surface area contributed by atoms with Crippen LogP contribution in [0.15, 0.2) is 18.2 Å². The van der Waals surface area contributed by atoms with Gasteiger partial charge in [-0.2, -0.15) is 0 Å². The number of ether oxygens (including phenoxy) is 2. The van der Waals surface area contributed by atoms with Gasteiger partial charge < -0.3 is 9.47 Å². The number of hydrogen-bond acceptors (Lipinski definition) is 4. The summed E-state index contributed by atoms with van der Waals surface area (Å²) in [7, 11) is 1.47. The standard InChI is InChI=1S/C11H11ClO4/c1-3-16-11(14)10(13)7-4-5-9(15-2)8(12)6-7/h4-6H,3H2,1-2H3. The van der Waals surface area contributed by atoms with Crippen molar-refractivity contribution in [1.29, 1.82) is 0 Å². The van der Waals surface area contributed by atoms with Crippen molar-refractivity contribution in [2.45, 2.75) is 6.92 Å². The number of ketones is 1. The number of Topliss-reactive ketones (excluding diaryl/α,β-unsaturated/α-hetero) is 1. The molecule has 0 radical (unpaired) electrons. The number of rotatable bonds is 4. The van der Waals surface area contributed by atoms with Crippen molar-refractivity contribution in [3.8, 4) is 5.75 Å². The van der Waals surface area contributed by atoms with Crippen LogP contribution in [0, 0.1) is 0 Å². The van der Waals surface area contributed by atoms with E-state index in [0.29, 0.717) is 5.75 Å². The average Bonchev–Trinajstić information content (AvgIpc) is 2.28. The third kappa shape index (κ3) is 2.73. The van der Waals surface area contributed by atoms with Crippen LogP contribution in [-0.4, -0.2) is 25.5 Å². The number of benzene rings is 1. The predicted octanol–water partition coefficient (Wildman–Crippen LogP) is 2.09. The molecule has 0 saturated heterocycles. The molecule has 0 N–H and O–H groups in total. The summed E-state index contributed by atoms with van der Waals surface area (Å²) in [5.74, 6) is -1.16. The number of halogens is 1. The van der Waals surface area contributed by atoms with Gasteiger partial charge in [0.25, 0.3) is 5.78 Å². The van der Waals surface area contributed by atoms with Gasteiger partial charge in [-0.25, -0.2) is 4.79 Å². The maximum atomic E-state index is 11.5. The lowest BCUT2D eigenvalue weighted by Crippen LogP contribution is -2.17. The van der Waals surface area contributed by atoms with Gasteiger partial charge in [0.05, 0.1) is 18.7 Å². The van der Waals surface area contributed by atoms with Crippen LogP contribution in [0.5, 0.6) is 5.75 Å². The maximum Gasteiger partial charge on any atom is 0.379 e. The zero-order valence-electron chi connectivity index (χ0n) is 8.95. The third-order valence-electron chi connectivity index (χ3n) is 1.87. The molecule has 0 amide bonds. The van der Waals surface area contributed by atoms with E-state index in [9.17, 15) is 9.59 Å². The molecule has 0 unspecified atom stereocenters. The van der Waals surface area contributed by atoms with E-state index in [1.54, 1.807) is 6.92 Å². The molecule has 1 aromatic carbocycles. The number of carbonyl (C=O) groups is 2. The Morgan fingerprint density at radius 2 is 2.06 bits per heavy atom. The Labute approximate surface area is 98.1 Å². The molecule has 0 atom stereocenters. The maximum absolute atomic E-state index is 11.5. The van der Waals surface area contributed by atoms with Crippen molar-refractivity contribution < 1.29 is 19.1 Å². The first kappa shape index (κ1) is 12.5. The van der Waals surface area contributed by atoms with E-state index in [-0.39, 0.29) is 17.2 Å². The first-order valence-electron chi connectivity index (χ1n) is 4.65. The third-order valence-corrected chi connectivity index (χ3v) is 2.17. The summed E-state index contributed by atoms with van der Waals surface area (Å²) in [4.78, 5) is 22.7. The van der Waals surface area contributed by atoms with E-state index in [2.05, 4.69) is 4.74 Å². The first-order valence-corrected chi connectivity index (χ1v) is 5.03. The largest absolute Gasteiger partial charge is 0.495 e. The molecule has 0 aliphatic carbocycles. The van der Waals surface area contributed by atoms with E-state index in [1.807, 2.05) is 0 Å². The van der Waals surface area contributed by atoms with Gasteiger partial charge in [-0.15, -0.1) is 0 Å². The quantitative estimate of drug-likeness (QED) is 0.461. The molecule has 4 nitrogen and oxygen atoms in total. The highest BCUT2D eigenvalue weighted by molar-refractivity contribution is 6.41. The van der Waals surface area contributed by atoms with Gasteiger partial charge in [-0.3, -0.25) is 4.79 Å². The van der Waals surface area contributed by atoms with Crippen molar-refractivity contribution in [3.05, 3.63) is 28.8 Å². The highest BCUT2D eigenvalue weighted by Gasteiger charge is 2.18. The van der Waals surface area contributed by atoms with E-state index in [1.165, 1.54) is 25.3 Å². The molecule has 5 heteroatoms. The second-order valence-corrected chi connectivity index (χ2v) is 3.31. The fourth-order valence-electron chi connectivity index (χ4n) is 1.12. The molecular weight excluding hydrogens is 232 g/mol. The molecule has 0 aliphatic rings. The van der Waals surface area contributed by atoms with Crippen molar-refractivity contribution in [1.82, 2.24) is 0 Å². The van der Waals surface area contributed by atoms with Gasteiger partial charge in [0.2, 0.25) is 0 Å². The van der Waals surface area contributed by atoms with Crippen molar-refractivity contribution in [3.63, 3.8) is 0 Å². The minimum Gasteiger partial charge on any atom is -0.495 e. The van der Waals surface area contributed by atoms with Crippen LogP contribution < -0.4 is 4.74 Å². The van der Waals surface area contributed by atoms with Crippen molar-refractivity contribution >= 4 is 23.4 Å². The van der Waals surface area contributed by atoms with Crippen molar-refractivity contribution in [2.24, 2.45) is 0 Å². The molecular formula is C11H11ClO4. The van der Waals surface area contributed by atoms with Crippen molar-refractivity contribution in [2.75, 3.05) is 13.7 Å². The lowest BCUT2D eigenvalue weighted by Gasteiger charge is -2.05. The van der Waals surface area contributed by atoms with E-state index in [0.717, 1.165) is 0 Å². The Morgan fingerprint density at radius 1 is 1.38 bits per heavy atom. The number of methoxy groups -OCH3 is 1. The summed E-state index contributed by atoms with van der Waals surface area (Å²) >= 11 is 5.83. The highest BCUT2D eigenvalue weighted by atomic mass is 35.5. The van der Waals surface area contributed by atoms with Crippen LogP contribution in [-0.2, 0) is 9.53 Å². The second-order valence-electron chi connectivity index (χ2n) is 2.90. The fraction of sp³-hybridized carbons (Fsp3) is 0.273. The minimum absolute atomic E-state index is 0.161. The molecule has 0 heterocycles. The topological polar surface area (TPSA) is 52.6 Å². The molecule has 16 heavy (non-hydrogen) atoms. The van der Waals surface area contributed by atoms with Gasteiger partial charge in [-0.1, -0.05) is 11.6 Å². The monoisotopic (exact) mass is 242 g/mol. The molecule has 0 bridgehead atoms. The zero-order valence-corrected chi connectivity index (χ0v) is 9.71. The molecule has 1 rings (SSSR count). The Kier molecular flexibility index (Phi) is 4.31. The van der Waals surface area contributed by atoms with Crippen LogP contribution in [0.2, 0.25) is 5.02 Å². The lowest BCUT2D eigenvalue weighted by molar-refractivity contribution is -0.137. The summed E-state index contributed by atoms with van der Waals surface area (Å²) in [6.45, 7) is 1.79. The summed E-state index contributed by atoms with van der Waals surface area (Å²) in [6, 6.07) is 4.36. The summed E-state index contributed by atoms with van der Waals surface area (Å²) in [5.41, 5.74) is 0.184. The first-order chi connectivity index (χ1) is 7.60. The molecule has 0 spiro atoms. The van der Waals surface area contributed by atoms with E-state index in [4.69, 9.17) is 16.3 Å². The van der Waals surface area contributed by atoms with E-state index < -0.39 is 11.8 Å². The van der Waals surface area contributed by atoms with Gasteiger partial charge in [0, 0.05) is 5.56 Å². The summed E-state index contributed by atoms with van der Waals surface area (Å²) in [6.07, 6.45) is 0. The summed E-state index contributed by atoms with van der Waals surface area (Å²) in [5, 5.41) is 0.276. The molecule has 1 aromatic rings. The Morgan fingerprint density at radius 3 is 2.56 bits per heavy atom. The molecule has 0 aromatic heterocycles. The number of hydrogen-bond donors (Lipinski definition) is 0. The molecule has 0 saturated carbocycles. The fourth-order valence-corrected chi connectivity index (χ4v) is 1.38. The van der Waals surface area contributed by atoms with E-state index >= 15 is 0 Å². The highest BCUT2D eigenvalue weighted by Crippen LogP contribution is 2.25. The van der Waals surface area contributed by atoms with Crippen LogP contribution in [0.3, 0.4) is 0 Å². The zero-order chi connectivity index (χ0) is 12.1. The average molecular weight is 243 g/mol. The summed E-state index contributed by atoms with van der Waals surface area (Å²) < 4.78 is 9.52. The Hall–Kier alpha value is -1.55. The van der Waals surface area contributed by atoms with Gasteiger partial charge in [0.1, 0.15) is 5.75 Å². The van der Waals surface area contributed by atoms with Gasteiger partial charge in [-0.05, 0) is 25.1 Å². The Bertz CT molecular complexity index is 414. The predicted molar refractivity (Wildman–Crippen MR) is 59.0 cm³/mol. The van der Waals surface area contributed by atoms with Gasteiger partial charge >= 0.3 is 5.97 Å². The SMILES string of the molecule is CCOC(=O)C(=O)c1ccc(OC)c(Cl)c1. The van der Waals surface area contributed by atoms with Crippen LogP contribution in [0.4, 0.5) is 0 Å². The van der Waals surface area contributed by atoms with Crippen LogP contribution in [0.1, 0.15) is 17.3 Å². The number of carbonyl (C=O) groups excluding carboxylic acids is 2. The Balaban J connectivity index is 2.93. The molecule has 0 fully saturated rings. The van der Waals surface area contributed by atoms with Crippen LogP contribution >= 0.6 is 11.6 Å². The smallest absolute Gasteiger partial charge is 0.379 e. The number of esters is 1. The lowest BCUT2D eigenvalue weighted by atomic mass is 10.1. The second kappa shape index (κ2) is 5.51.